The normalized spacial score (nSPS) is 14.4. The van der Waals surface area contributed by atoms with Gasteiger partial charge in [-0.1, -0.05) is 20.3 Å². The number of aromatic nitrogens is 2. The van der Waals surface area contributed by atoms with Crippen LogP contribution in [0.15, 0.2) is 12.5 Å². The second-order valence-corrected chi connectivity index (χ2v) is 4.67. The maximum Gasteiger partial charge on any atom is 0.0948 e. The molecule has 1 heterocycles. The molecule has 2 N–H and O–H groups in total. The molecule has 3 heteroatoms. The first-order valence-electron chi connectivity index (χ1n) is 5.24. The van der Waals surface area contributed by atoms with E-state index in [1.165, 1.54) is 6.42 Å². The Labute approximate surface area is 86.3 Å². The van der Waals surface area contributed by atoms with Crippen molar-refractivity contribution in [3.63, 3.8) is 0 Å². The number of rotatable bonds is 4. The molecule has 14 heavy (non-hydrogen) atoms. The first kappa shape index (κ1) is 11.2. The van der Waals surface area contributed by atoms with Gasteiger partial charge in [0.15, 0.2) is 0 Å². The number of hydrogen-bond donors (Lipinski definition) is 1. The Morgan fingerprint density at radius 1 is 1.57 bits per heavy atom. The van der Waals surface area contributed by atoms with Crippen molar-refractivity contribution in [2.24, 2.45) is 11.7 Å². The molecule has 0 amide bonds. The minimum atomic E-state index is -0.302. The monoisotopic (exact) mass is 195 g/mol. The lowest BCUT2D eigenvalue weighted by molar-refractivity contribution is 0.424. The summed E-state index contributed by atoms with van der Waals surface area (Å²) in [7, 11) is 0. The van der Waals surface area contributed by atoms with Crippen molar-refractivity contribution in [3.05, 3.63) is 18.2 Å². The molecule has 1 atom stereocenters. The molecule has 0 saturated heterocycles. The largest absolute Gasteiger partial charge is 0.333 e. The fourth-order valence-electron chi connectivity index (χ4n) is 1.47. The Balaban J connectivity index is 2.83. The molecule has 0 aliphatic rings. The molecule has 0 bridgehead atoms. The van der Waals surface area contributed by atoms with E-state index in [1.807, 2.05) is 26.4 Å². The maximum absolute atomic E-state index is 6.06. The first-order chi connectivity index (χ1) is 6.45. The van der Waals surface area contributed by atoms with Crippen molar-refractivity contribution in [3.8, 4) is 0 Å². The summed E-state index contributed by atoms with van der Waals surface area (Å²) in [5.41, 5.74) is 6.87. The third kappa shape index (κ3) is 2.58. The summed E-state index contributed by atoms with van der Waals surface area (Å²) < 4.78 is 2.16. The van der Waals surface area contributed by atoms with Crippen LogP contribution in [0.2, 0.25) is 0 Å². The predicted molar refractivity (Wildman–Crippen MR) is 58.9 cm³/mol. The van der Waals surface area contributed by atoms with E-state index >= 15 is 0 Å². The van der Waals surface area contributed by atoms with Crippen LogP contribution in [0.3, 0.4) is 0 Å². The zero-order valence-electron chi connectivity index (χ0n) is 9.62. The van der Waals surface area contributed by atoms with E-state index in [1.54, 1.807) is 0 Å². The number of imidazole rings is 1. The van der Waals surface area contributed by atoms with Gasteiger partial charge in [0.05, 0.1) is 17.6 Å². The van der Waals surface area contributed by atoms with E-state index in [4.69, 9.17) is 5.73 Å². The summed E-state index contributed by atoms with van der Waals surface area (Å²) in [6, 6.07) is 0. The molecule has 1 rings (SSSR count). The van der Waals surface area contributed by atoms with E-state index < -0.39 is 0 Å². The molecule has 0 saturated carbocycles. The van der Waals surface area contributed by atoms with E-state index in [-0.39, 0.29) is 5.54 Å². The van der Waals surface area contributed by atoms with Crippen molar-refractivity contribution in [2.75, 3.05) is 0 Å². The SMILES string of the molecule is CCC(C)Cn1cncc1C(C)(C)N. The summed E-state index contributed by atoms with van der Waals surface area (Å²) in [6.07, 6.45) is 4.92. The molecular formula is C11H21N3. The molecule has 0 aromatic carbocycles. The molecule has 0 spiro atoms. The molecular weight excluding hydrogens is 174 g/mol. The average Bonchev–Trinajstić information content (AvgIpc) is 2.51. The van der Waals surface area contributed by atoms with Gasteiger partial charge in [0.25, 0.3) is 0 Å². The van der Waals surface area contributed by atoms with Crippen molar-refractivity contribution in [1.82, 2.24) is 9.55 Å². The highest BCUT2D eigenvalue weighted by Crippen LogP contribution is 2.17. The van der Waals surface area contributed by atoms with Crippen LogP contribution >= 0.6 is 0 Å². The van der Waals surface area contributed by atoms with Gasteiger partial charge in [-0.3, -0.25) is 0 Å². The second-order valence-electron chi connectivity index (χ2n) is 4.67. The van der Waals surface area contributed by atoms with E-state index in [0.29, 0.717) is 5.92 Å². The van der Waals surface area contributed by atoms with Crippen LogP contribution in [0.5, 0.6) is 0 Å². The molecule has 1 aromatic rings. The summed E-state index contributed by atoms with van der Waals surface area (Å²) in [5.74, 6) is 0.672. The van der Waals surface area contributed by atoms with E-state index in [2.05, 4.69) is 23.4 Å². The van der Waals surface area contributed by atoms with Gasteiger partial charge in [0.1, 0.15) is 0 Å². The Morgan fingerprint density at radius 3 is 2.71 bits per heavy atom. The zero-order valence-corrected chi connectivity index (χ0v) is 9.62. The summed E-state index contributed by atoms with van der Waals surface area (Å²) in [4.78, 5) is 4.16. The summed E-state index contributed by atoms with van der Waals surface area (Å²) in [6.45, 7) is 9.48. The molecule has 0 aliphatic heterocycles. The highest BCUT2D eigenvalue weighted by Gasteiger charge is 2.19. The zero-order chi connectivity index (χ0) is 10.8. The van der Waals surface area contributed by atoms with Crippen LogP contribution in [-0.4, -0.2) is 9.55 Å². The highest BCUT2D eigenvalue weighted by atomic mass is 15.1. The van der Waals surface area contributed by atoms with Crippen molar-refractivity contribution in [2.45, 2.75) is 46.2 Å². The second kappa shape index (κ2) is 4.13. The fraction of sp³-hybridized carbons (Fsp3) is 0.727. The summed E-state index contributed by atoms with van der Waals surface area (Å²) >= 11 is 0. The number of hydrogen-bond acceptors (Lipinski definition) is 2. The van der Waals surface area contributed by atoms with Gasteiger partial charge in [-0.05, 0) is 19.8 Å². The van der Waals surface area contributed by atoms with Gasteiger partial charge in [-0.2, -0.15) is 0 Å². The van der Waals surface area contributed by atoms with Gasteiger partial charge >= 0.3 is 0 Å². The molecule has 1 unspecified atom stereocenters. The highest BCUT2D eigenvalue weighted by molar-refractivity contribution is 5.09. The third-order valence-electron chi connectivity index (χ3n) is 2.58. The van der Waals surface area contributed by atoms with Crippen LogP contribution in [0.25, 0.3) is 0 Å². The molecule has 80 valence electrons. The van der Waals surface area contributed by atoms with Gasteiger partial charge in [-0.15, -0.1) is 0 Å². The van der Waals surface area contributed by atoms with Gasteiger partial charge in [0.2, 0.25) is 0 Å². The van der Waals surface area contributed by atoms with Crippen LogP contribution in [0.4, 0.5) is 0 Å². The maximum atomic E-state index is 6.06. The smallest absolute Gasteiger partial charge is 0.0948 e. The van der Waals surface area contributed by atoms with Crippen molar-refractivity contribution >= 4 is 0 Å². The van der Waals surface area contributed by atoms with Gasteiger partial charge < -0.3 is 10.3 Å². The van der Waals surface area contributed by atoms with E-state index in [0.717, 1.165) is 12.2 Å². The van der Waals surface area contributed by atoms with Crippen LogP contribution in [0, 0.1) is 5.92 Å². The summed E-state index contributed by atoms with van der Waals surface area (Å²) in [5, 5.41) is 0. The molecule has 1 aromatic heterocycles. The lowest BCUT2D eigenvalue weighted by Crippen LogP contribution is -2.32. The lowest BCUT2D eigenvalue weighted by Gasteiger charge is -2.22. The Kier molecular flexibility index (Phi) is 3.32. The van der Waals surface area contributed by atoms with Crippen LogP contribution < -0.4 is 5.73 Å². The van der Waals surface area contributed by atoms with E-state index in [9.17, 15) is 0 Å². The van der Waals surface area contributed by atoms with Gasteiger partial charge in [0, 0.05) is 12.7 Å². The van der Waals surface area contributed by atoms with Crippen LogP contribution in [-0.2, 0) is 12.1 Å². The predicted octanol–water partition coefficient (Wildman–Crippen LogP) is 2.12. The molecule has 0 radical (unpaired) electrons. The van der Waals surface area contributed by atoms with Crippen molar-refractivity contribution < 1.29 is 0 Å². The quantitative estimate of drug-likeness (QED) is 0.799. The fourth-order valence-corrected chi connectivity index (χ4v) is 1.47. The number of nitrogens with zero attached hydrogens (tertiary/aromatic N) is 2. The Bertz CT molecular complexity index is 283. The minimum absolute atomic E-state index is 0.302. The third-order valence-corrected chi connectivity index (χ3v) is 2.58. The number of nitrogens with two attached hydrogens (primary N) is 1. The minimum Gasteiger partial charge on any atom is -0.333 e. The molecule has 0 fully saturated rings. The Hall–Kier alpha value is -0.830. The standard InChI is InChI=1S/C11H21N3/c1-5-9(2)7-14-8-13-6-10(14)11(3,4)12/h6,8-9H,5,7,12H2,1-4H3. The van der Waals surface area contributed by atoms with Gasteiger partial charge in [-0.25, -0.2) is 4.98 Å². The first-order valence-corrected chi connectivity index (χ1v) is 5.24. The Morgan fingerprint density at radius 2 is 2.21 bits per heavy atom. The molecule has 0 aliphatic carbocycles. The lowest BCUT2D eigenvalue weighted by atomic mass is 10.0. The average molecular weight is 195 g/mol. The molecule has 3 nitrogen and oxygen atoms in total. The van der Waals surface area contributed by atoms with Crippen LogP contribution in [0.1, 0.15) is 39.8 Å². The van der Waals surface area contributed by atoms with Crippen molar-refractivity contribution in [1.29, 1.82) is 0 Å². The topological polar surface area (TPSA) is 43.8 Å².